The first-order valence-corrected chi connectivity index (χ1v) is 8.42. The maximum absolute atomic E-state index is 11.5. The predicted molar refractivity (Wildman–Crippen MR) is 95.8 cm³/mol. The molecule has 0 spiro atoms. The van der Waals surface area contributed by atoms with Crippen molar-refractivity contribution in [3.63, 3.8) is 0 Å². The van der Waals surface area contributed by atoms with Crippen molar-refractivity contribution in [2.45, 2.75) is 31.7 Å². The van der Waals surface area contributed by atoms with Gasteiger partial charge in [-0.15, -0.1) is 0 Å². The minimum atomic E-state index is 0.0338. The number of benzene rings is 2. The summed E-state index contributed by atoms with van der Waals surface area (Å²) in [6.07, 6.45) is 5.75. The van der Waals surface area contributed by atoms with Gasteiger partial charge in [-0.25, -0.2) is 0 Å². The highest BCUT2D eigenvalue weighted by molar-refractivity contribution is 5.82. The Labute approximate surface area is 141 Å². The van der Waals surface area contributed by atoms with E-state index in [2.05, 4.69) is 58.8 Å². The van der Waals surface area contributed by atoms with E-state index in [9.17, 15) is 4.79 Å². The van der Waals surface area contributed by atoms with Crippen LogP contribution < -0.4 is 5.32 Å². The number of fused-ring (bicyclic) bond motifs is 2. The van der Waals surface area contributed by atoms with Crippen LogP contribution in [0.15, 0.2) is 60.9 Å². The lowest BCUT2D eigenvalue weighted by molar-refractivity contribution is -0.119. The zero-order valence-electron chi connectivity index (χ0n) is 13.7. The Morgan fingerprint density at radius 2 is 1.88 bits per heavy atom. The van der Waals surface area contributed by atoms with E-state index in [-0.39, 0.29) is 11.9 Å². The summed E-state index contributed by atoms with van der Waals surface area (Å²) >= 11 is 0. The Balaban J connectivity index is 1.76. The molecule has 0 aliphatic heterocycles. The van der Waals surface area contributed by atoms with Crippen molar-refractivity contribution in [2.75, 3.05) is 0 Å². The molecule has 3 nitrogen and oxygen atoms in total. The molecule has 1 aliphatic rings. The second kappa shape index (κ2) is 6.08. The molecule has 0 bridgehead atoms. The van der Waals surface area contributed by atoms with Gasteiger partial charge in [0.1, 0.15) is 0 Å². The van der Waals surface area contributed by atoms with Crippen LogP contribution in [-0.2, 0) is 4.79 Å². The van der Waals surface area contributed by atoms with Gasteiger partial charge in [0.25, 0.3) is 0 Å². The quantitative estimate of drug-likeness (QED) is 0.764. The average Bonchev–Trinajstić information content (AvgIpc) is 2.61. The summed E-state index contributed by atoms with van der Waals surface area (Å²) in [6, 6.07) is 17.3. The van der Waals surface area contributed by atoms with E-state index in [1.54, 1.807) is 6.92 Å². The van der Waals surface area contributed by atoms with E-state index in [0.717, 1.165) is 12.8 Å². The standard InChI is InChI=1S/C21H20N2O/c1-14(24)23-21-9-8-18(19-4-2-3-5-20(19)21)16-6-7-17-13-22-11-10-15(17)12-16/h2-7,10-13,18,21H,8-9H2,1H3,(H,23,24)/t18?,21-/m1/s1. The molecule has 0 saturated heterocycles. The van der Waals surface area contributed by atoms with Crippen LogP contribution in [0.3, 0.4) is 0 Å². The molecule has 0 saturated carbocycles. The first-order chi connectivity index (χ1) is 11.7. The Bertz CT molecular complexity index is 903. The molecule has 1 N–H and O–H groups in total. The predicted octanol–water partition coefficient (Wildman–Crippen LogP) is 4.34. The third-order valence-electron chi connectivity index (χ3n) is 4.94. The molecule has 120 valence electrons. The first-order valence-electron chi connectivity index (χ1n) is 8.42. The normalized spacial score (nSPS) is 19.7. The number of carbonyl (C=O) groups is 1. The molecule has 3 heteroatoms. The van der Waals surface area contributed by atoms with E-state index >= 15 is 0 Å². The van der Waals surface area contributed by atoms with Crippen molar-refractivity contribution < 1.29 is 4.79 Å². The third kappa shape index (κ3) is 2.67. The zero-order valence-corrected chi connectivity index (χ0v) is 13.7. The maximum Gasteiger partial charge on any atom is 0.217 e. The van der Waals surface area contributed by atoms with Gasteiger partial charge in [-0.2, -0.15) is 0 Å². The van der Waals surface area contributed by atoms with Crippen molar-refractivity contribution in [3.05, 3.63) is 77.6 Å². The lowest BCUT2D eigenvalue weighted by atomic mass is 9.76. The van der Waals surface area contributed by atoms with E-state index in [4.69, 9.17) is 0 Å². The highest BCUT2D eigenvalue weighted by Crippen LogP contribution is 2.41. The number of aromatic nitrogens is 1. The van der Waals surface area contributed by atoms with Crippen LogP contribution in [0, 0.1) is 0 Å². The molecule has 2 atom stereocenters. The van der Waals surface area contributed by atoms with E-state index in [1.807, 2.05) is 12.4 Å². The molecule has 0 radical (unpaired) electrons. The van der Waals surface area contributed by atoms with Crippen LogP contribution in [0.5, 0.6) is 0 Å². The van der Waals surface area contributed by atoms with Crippen LogP contribution in [-0.4, -0.2) is 10.9 Å². The molecule has 4 rings (SSSR count). The van der Waals surface area contributed by atoms with Crippen molar-refractivity contribution in [1.29, 1.82) is 0 Å². The number of nitrogens with zero attached hydrogens (tertiary/aromatic N) is 1. The minimum Gasteiger partial charge on any atom is -0.350 e. The van der Waals surface area contributed by atoms with Gasteiger partial charge < -0.3 is 5.32 Å². The number of rotatable bonds is 2. The highest BCUT2D eigenvalue weighted by atomic mass is 16.1. The fourth-order valence-corrected chi connectivity index (χ4v) is 3.85. The van der Waals surface area contributed by atoms with Crippen LogP contribution in [0.1, 0.15) is 48.4 Å². The van der Waals surface area contributed by atoms with Gasteiger partial charge in [0.05, 0.1) is 6.04 Å². The second-order valence-electron chi connectivity index (χ2n) is 6.49. The smallest absolute Gasteiger partial charge is 0.217 e. The summed E-state index contributed by atoms with van der Waals surface area (Å²) in [5.41, 5.74) is 3.91. The van der Waals surface area contributed by atoms with Crippen molar-refractivity contribution >= 4 is 16.7 Å². The molecule has 24 heavy (non-hydrogen) atoms. The second-order valence-corrected chi connectivity index (χ2v) is 6.49. The van der Waals surface area contributed by atoms with Crippen LogP contribution in [0.2, 0.25) is 0 Å². The summed E-state index contributed by atoms with van der Waals surface area (Å²) in [5.74, 6) is 0.412. The van der Waals surface area contributed by atoms with Gasteiger partial charge in [0, 0.05) is 30.6 Å². The molecule has 1 amide bonds. The minimum absolute atomic E-state index is 0.0338. The van der Waals surface area contributed by atoms with Crippen LogP contribution in [0.25, 0.3) is 10.8 Å². The molecule has 1 aliphatic carbocycles. The monoisotopic (exact) mass is 316 g/mol. The Morgan fingerprint density at radius 1 is 1.04 bits per heavy atom. The number of nitrogens with one attached hydrogen (secondary N) is 1. The summed E-state index contributed by atoms with van der Waals surface area (Å²) in [4.78, 5) is 15.7. The van der Waals surface area contributed by atoms with Crippen LogP contribution in [0.4, 0.5) is 0 Å². The van der Waals surface area contributed by atoms with Gasteiger partial charge in [-0.1, -0.05) is 42.5 Å². The van der Waals surface area contributed by atoms with Gasteiger partial charge >= 0.3 is 0 Å². The Morgan fingerprint density at radius 3 is 2.71 bits per heavy atom. The van der Waals surface area contributed by atoms with Gasteiger partial charge in [0.2, 0.25) is 5.91 Å². The highest BCUT2D eigenvalue weighted by Gasteiger charge is 2.28. The number of hydrogen-bond acceptors (Lipinski definition) is 2. The Hall–Kier alpha value is -2.68. The first kappa shape index (κ1) is 14.9. The van der Waals surface area contributed by atoms with E-state index in [0.29, 0.717) is 5.92 Å². The maximum atomic E-state index is 11.5. The summed E-state index contributed by atoms with van der Waals surface area (Å²) < 4.78 is 0. The summed E-state index contributed by atoms with van der Waals surface area (Å²) in [5, 5.41) is 5.49. The van der Waals surface area contributed by atoms with Crippen molar-refractivity contribution in [1.82, 2.24) is 10.3 Å². The molecule has 1 aromatic heterocycles. The molecule has 2 aromatic carbocycles. The van der Waals surface area contributed by atoms with Gasteiger partial charge in [-0.3, -0.25) is 9.78 Å². The summed E-state index contributed by atoms with van der Waals surface area (Å²) in [7, 11) is 0. The number of hydrogen-bond donors (Lipinski definition) is 1. The third-order valence-corrected chi connectivity index (χ3v) is 4.94. The topological polar surface area (TPSA) is 42.0 Å². The van der Waals surface area contributed by atoms with E-state index < -0.39 is 0 Å². The summed E-state index contributed by atoms with van der Waals surface area (Å²) in [6.45, 7) is 1.59. The average molecular weight is 316 g/mol. The zero-order chi connectivity index (χ0) is 16.5. The molecule has 1 unspecified atom stereocenters. The fraction of sp³-hybridized carbons (Fsp3) is 0.238. The lowest BCUT2D eigenvalue weighted by Gasteiger charge is -2.32. The number of amides is 1. The molecular weight excluding hydrogens is 296 g/mol. The lowest BCUT2D eigenvalue weighted by Crippen LogP contribution is -2.30. The molecule has 3 aromatic rings. The molecule has 1 heterocycles. The fourth-order valence-electron chi connectivity index (χ4n) is 3.85. The van der Waals surface area contributed by atoms with Crippen molar-refractivity contribution in [3.8, 4) is 0 Å². The molecule has 0 fully saturated rings. The van der Waals surface area contributed by atoms with Gasteiger partial charge in [-0.05, 0) is 41.0 Å². The largest absolute Gasteiger partial charge is 0.350 e. The van der Waals surface area contributed by atoms with E-state index in [1.165, 1.54) is 27.5 Å². The SMILES string of the molecule is CC(=O)N[C@@H]1CCC(c2ccc3cnccc3c2)c2ccccc21. The van der Waals surface area contributed by atoms with Crippen molar-refractivity contribution in [2.24, 2.45) is 0 Å². The number of carbonyl (C=O) groups excluding carboxylic acids is 1. The van der Waals surface area contributed by atoms with Gasteiger partial charge in [0.15, 0.2) is 0 Å². The number of pyridine rings is 1. The Kier molecular flexibility index (Phi) is 3.77. The van der Waals surface area contributed by atoms with Crippen LogP contribution >= 0.6 is 0 Å². The molecular formula is C21H20N2O.